The molecule has 1 aliphatic carbocycles. The molecule has 21 heavy (non-hydrogen) atoms. The molecule has 0 bridgehead atoms. The maximum absolute atomic E-state index is 5.66. The van der Waals surface area contributed by atoms with Crippen molar-refractivity contribution in [2.24, 2.45) is 0 Å². The first-order chi connectivity index (χ1) is 10.3. The topological polar surface area (TPSA) is 39.7 Å². The van der Waals surface area contributed by atoms with Gasteiger partial charge in [-0.05, 0) is 50.3 Å². The van der Waals surface area contributed by atoms with E-state index in [2.05, 4.69) is 24.4 Å². The summed E-state index contributed by atoms with van der Waals surface area (Å²) in [4.78, 5) is 0. The van der Waals surface area contributed by atoms with Gasteiger partial charge in [0, 0.05) is 19.2 Å². The van der Waals surface area contributed by atoms with Crippen LogP contribution in [0.2, 0.25) is 0 Å². The van der Waals surface area contributed by atoms with Gasteiger partial charge in [-0.1, -0.05) is 6.07 Å². The average molecular weight is 291 g/mol. The summed E-state index contributed by atoms with van der Waals surface area (Å²) in [7, 11) is 1.82. The maximum Gasteiger partial charge on any atom is 0.161 e. The highest BCUT2D eigenvalue weighted by Gasteiger charge is 2.22. The molecule has 3 rings (SSSR count). The van der Waals surface area contributed by atoms with E-state index in [1.807, 2.05) is 13.2 Å². The van der Waals surface area contributed by atoms with Gasteiger partial charge in [-0.2, -0.15) is 0 Å². The number of fused-ring (bicyclic) bond motifs is 1. The van der Waals surface area contributed by atoms with Crippen molar-refractivity contribution in [1.82, 2.24) is 5.32 Å². The minimum Gasteiger partial charge on any atom is -0.486 e. The first-order valence-corrected chi connectivity index (χ1v) is 7.94. The molecule has 0 amide bonds. The minimum atomic E-state index is 0.324. The van der Waals surface area contributed by atoms with Crippen LogP contribution in [0.15, 0.2) is 18.2 Å². The lowest BCUT2D eigenvalue weighted by Crippen LogP contribution is -2.36. The Balaban J connectivity index is 1.59. The number of hydrogen-bond acceptors (Lipinski definition) is 4. The zero-order chi connectivity index (χ0) is 14.7. The van der Waals surface area contributed by atoms with E-state index in [1.165, 1.54) is 18.4 Å². The van der Waals surface area contributed by atoms with Crippen molar-refractivity contribution in [3.05, 3.63) is 23.8 Å². The second-order valence-corrected chi connectivity index (χ2v) is 6.00. The number of ether oxygens (including phenoxy) is 3. The smallest absolute Gasteiger partial charge is 0.161 e. The van der Waals surface area contributed by atoms with Gasteiger partial charge in [0.15, 0.2) is 11.5 Å². The molecule has 4 heteroatoms. The lowest BCUT2D eigenvalue weighted by molar-refractivity contribution is 0.0614. The third kappa shape index (κ3) is 3.50. The van der Waals surface area contributed by atoms with Gasteiger partial charge in [-0.15, -0.1) is 0 Å². The fourth-order valence-electron chi connectivity index (χ4n) is 3.24. The summed E-state index contributed by atoms with van der Waals surface area (Å²) in [5.41, 5.74) is 1.26. The van der Waals surface area contributed by atoms with E-state index in [9.17, 15) is 0 Å². The quantitative estimate of drug-likeness (QED) is 0.925. The highest BCUT2D eigenvalue weighted by atomic mass is 16.6. The second-order valence-electron chi connectivity index (χ2n) is 6.00. The van der Waals surface area contributed by atoms with Crippen molar-refractivity contribution >= 4 is 0 Å². The van der Waals surface area contributed by atoms with Crippen molar-refractivity contribution < 1.29 is 14.2 Å². The van der Waals surface area contributed by atoms with Gasteiger partial charge in [0.1, 0.15) is 13.2 Å². The van der Waals surface area contributed by atoms with Gasteiger partial charge in [-0.3, -0.25) is 0 Å². The van der Waals surface area contributed by atoms with Crippen LogP contribution in [0.4, 0.5) is 0 Å². The van der Waals surface area contributed by atoms with Crippen LogP contribution in [0.25, 0.3) is 0 Å². The van der Waals surface area contributed by atoms with E-state index in [0.717, 1.165) is 24.3 Å². The molecule has 1 atom stereocenters. The standard InChI is InChI=1S/C17H25NO3/c1-12(18-14-4-6-15(19-2)7-5-14)13-3-8-16-17(11-13)21-10-9-20-16/h3,8,11-12,14-15,18H,4-7,9-10H2,1-2H3. The molecule has 1 aromatic rings. The van der Waals surface area contributed by atoms with Crippen molar-refractivity contribution in [2.45, 2.75) is 50.8 Å². The summed E-state index contributed by atoms with van der Waals surface area (Å²) < 4.78 is 16.7. The summed E-state index contributed by atoms with van der Waals surface area (Å²) in [6, 6.07) is 7.16. The lowest BCUT2D eigenvalue weighted by atomic mass is 9.92. The highest BCUT2D eigenvalue weighted by Crippen LogP contribution is 2.33. The van der Waals surface area contributed by atoms with Crippen LogP contribution in [0.5, 0.6) is 11.5 Å². The summed E-state index contributed by atoms with van der Waals surface area (Å²) in [6.45, 7) is 3.50. The minimum absolute atomic E-state index is 0.324. The van der Waals surface area contributed by atoms with Gasteiger partial charge in [0.05, 0.1) is 6.10 Å². The largest absolute Gasteiger partial charge is 0.486 e. The van der Waals surface area contributed by atoms with Crippen LogP contribution >= 0.6 is 0 Å². The van der Waals surface area contributed by atoms with E-state index < -0.39 is 0 Å². The van der Waals surface area contributed by atoms with Gasteiger partial charge in [0.2, 0.25) is 0 Å². The zero-order valence-electron chi connectivity index (χ0n) is 12.9. The van der Waals surface area contributed by atoms with Crippen LogP contribution < -0.4 is 14.8 Å². The Morgan fingerprint density at radius 1 is 1.10 bits per heavy atom. The Hall–Kier alpha value is -1.26. The van der Waals surface area contributed by atoms with E-state index in [0.29, 0.717) is 31.4 Å². The Labute approximate surface area is 126 Å². The van der Waals surface area contributed by atoms with Gasteiger partial charge in [-0.25, -0.2) is 0 Å². The third-order valence-corrected chi connectivity index (χ3v) is 4.56. The predicted molar refractivity (Wildman–Crippen MR) is 82.0 cm³/mol. The normalized spacial score (nSPS) is 26.4. The Bertz CT molecular complexity index is 469. The van der Waals surface area contributed by atoms with E-state index in [-0.39, 0.29) is 0 Å². The fourth-order valence-corrected chi connectivity index (χ4v) is 3.24. The summed E-state index contributed by atoms with van der Waals surface area (Å²) in [6.07, 6.45) is 5.14. The molecule has 116 valence electrons. The molecule has 0 spiro atoms. The molecule has 1 saturated carbocycles. The third-order valence-electron chi connectivity index (χ3n) is 4.56. The van der Waals surface area contributed by atoms with Gasteiger partial charge < -0.3 is 19.5 Å². The summed E-state index contributed by atoms with van der Waals surface area (Å²) in [5.74, 6) is 1.73. The van der Waals surface area contributed by atoms with Crippen LogP contribution in [-0.2, 0) is 4.74 Å². The number of rotatable bonds is 4. The zero-order valence-corrected chi connectivity index (χ0v) is 12.9. The summed E-state index contributed by atoms with van der Waals surface area (Å²) >= 11 is 0. The Morgan fingerprint density at radius 2 is 1.81 bits per heavy atom. The van der Waals surface area contributed by atoms with Crippen LogP contribution in [0.1, 0.15) is 44.2 Å². The lowest BCUT2D eigenvalue weighted by Gasteiger charge is -2.31. The highest BCUT2D eigenvalue weighted by molar-refractivity contribution is 5.44. The van der Waals surface area contributed by atoms with Gasteiger partial charge >= 0.3 is 0 Å². The Kier molecular flexibility index (Phi) is 4.66. The SMILES string of the molecule is COC1CCC(NC(C)c2ccc3c(c2)OCCO3)CC1. The molecular formula is C17H25NO3. The fraction of sp³-hybridized carbons (Fsp3) is 0.647. The number of methoxy groups -OCH3 is 1. The molecule has 1 unspecified atom stereocenters. The molecule has 0 radical (unpaired) electrons. The van der Waals surface area contributed by atoms with Crippen molar-refractivity contribution in [2.75, 3.05) is 20.3 Å². The Morgan fingerprint density at radius 3 is 2.52 bits per heavy atom. The van der Waals surface area contributed by atoms with Crippen molar-refractivity contribution in [1.29, 1.82) is 0 Å². The van der Waals surface area contributed by atoms with Gasteiger partial charge in [0.25, 0.3) is 0 Å². The van der Waals surface area contributed by atoms with E-state index >= 15 is 0 Å². The molecule has 0 aromatic heterocycles. The number of benzene rings is 1. The van der Waals surface area contributed by atoms with Crippen LogP contribution in [-0.4, -0.2) is 32.5 Å². The molecular weight excluding hydrogens is 266 g/mol. The summed E-state index contributed by atoms with van der Waals surface area (Å²) in [5, 5.41) is 3.73. The first kappa shape index (κ1) is 14.7. The number of nitrogens with one attached hydrogen (secondary N) is 1. The average Bonchev–Trinajstić information content (AvgIpc) is 2.55. The van der Waals surface area contributed by atoms with E-state index in [4.69, 9.17) is 14.2 Å². The maximum atomic E-state index is 5.66. The van der Waals surface area contributed by atoms with Crippen LogP contribution in [0.3, 0.4) is 0 Å². The number of hydrogen-bond donors (Lipinski definition) is 1. The molecule has 1 heterocycles. The molecule has 1 N–H and O–H groups in total. The first-order valence-electron chi connectivity index (χ1n) is 7.94. The molecule has 1 aliphatic heterocycles. The molecule has 2 aliphatic rings. The van der Waals surface area contributed by atoms with Crippen molar-refractivity contribution in [3.8, 4) is 11.5 Å². The second kappa shape index (κ2) is 6.67. The monoisotopic (exact) mass is 291 g/mol. The van der Waals surface area contributed by atoms with E-state index in [1.54, 1.807) is 0 Å². The molecule has 1 aromatic carbocycles. The predicted octanol–water partition coefficient (Wildman–Crippen LogP) is 3.07. The van der Waals surface area contributed by atoms with Crippen LogP contribution in [0, 0.1) is 0 Å². The van der Waals surface area contributed by atoms with Crippen molar-refractivity contribution in [3.63, 3.8) is 0 Å². The molecule has 4 nitrogen and oxygen atoms in total. The molecule has 1 fully saturated rings. The molecule has 0 saturated heterocycles.